The number of aliphatic carboxylic acids is 2. The average molecular weight is 1120 g/mol. The normalized spacial score (nSPS) is 15.9. The summed E-state index contributed by atoms with van der Waals surface area (Å²) in [4.78, 5) is 170. The molecule has 1 fully saturated rings. The minimum absolute atomic E-state index is 0.0118. The second kappa shape index (κ2) is 32.4. The first kappa shape index (κ1) is 65.8. The lowest BCUT2D eigenvalue weighted by atomic mass is 10.00. The van der Waals surface area contributed by atoms with Gasteiger partial charge >= 0.3 is 11.9 Å². The lowest BCUT2D eigenvalue weighted by Crippen LogP contribution is -2.60. The van der Waals surface area contributed by atoms with E-state index in [0.29, 0.717) is 17.5 Å². The third-order valence-corrected chi connectivity index (χ3v) is 12.7. The molecular weight excluding hydrogens is 1050 g/mol. The zero-order chi connectivity index (χ0) is 59.8. The van der Waals surface area contributed by atoms with Gasteiger partial charge in [-0.2, -0.15) is 0 Å². The molecule has 0 saturated carbocycles. The zero-order valence-corrected chi connectivity index (χ0v) is 44.9. The molecule has 1 aliphatic heterocycles. The second-order valence-corrected chi connectivity index (χ2v) is 19.8. The molecule has 11 amide bonds. The number of nitrogens with one attached hydrogen (secondary N) is 8. The van der Waals surface area contributed by atoms with Crippen molar-refractivity contribution < 1.29 is 77.6 Å². The van der Waals surface area contributed by atoms with E-state index in [0.717, 1.165) is 4.90 Å². The molecule has 3 rings (SSSR count). The molecule has 80 heavy (non-hydrogen) atoms. The monoisotopic (exact) mass is 1120 g/mol. The van der Waals surface area contributed by atoms with E-state index in [-0.39, 0.29) is 38.6 Å². The van der Waals surface area contributed by atoms with Crippen LogP contribution in [0.15, 0.2) is 60.7 Å². The maximum absolute atomic E-state index is 14.0. The van der Waals surface area contributed by atoms with Gasteiger partial charge in [-0.1, -0.05) is 88.4 Å². The van der Waals surface area contributed by atoms with E-state index in [2.05, 4.69) is 42.5 Å². The molecule has 1 aliphatic rings. The Kier molecular flexibility index (Phi) is 26.6. The first-order valence-corrected chi connectivity index (χ1v) is 25.9. The smallest absolute Gasteiger partial charge is 0.326 e. The van der Waals surface area contributed by atoms with Gasteiger partial charge in [0.1, 0.15) is 48.3 Å². The number of aliphatic hydroxyl groups excluding tert-OH is 1. The van der Waals surface area contributed by atoms with Crippen LogP contribution >= 0.6 is 0 Å². The molecule has 1 heterocycles. The summed E-state index contributed by atoms with van der Waals surface area (Å²) < 4.78 is 0. The van der Waals surface area contributed by atoms with Crippen LogP contribution in [0.4, 0.5) is 0 Å². The van der Waals surface area contributed by atoms with Crippen molar-refractivity contribution in [2.75, 3.05) is 19.7 Å². The van der Waals surface area contributed by atoms with Gasteiger partial charge in [0.25, 0.3) is 0 Å². The molecule has 0 bridgehead atoms. The summed E-state index contributed by atoms with van der Waals surface area (Å²) in [7, 11) is 0. The second-order valence-electron chi connectivity index (χ2n) is 19.8. The summed E-state index contributed by atoms with van der Waals surface area (Å²) in [6, 6.07) is 3.78. The highest BCUT2D eigenvalue weighted by atomic mass is 16.4. The number of carboxylic acids is 2. The van der Waals surface area contributed by atoms with Gasteiger partial charge in [-0.25, -0.2) is 4.79 Å². The summed E-state index contributed by atoms with van der Waals surface area (Å²) in [5, 5.41) is 48.9. The molecule has 9 atom stereocenters. The molecule has 0 unspecified atom stereocenters. The Morgan fingerprint density at radius 3 is 1.56 bits per heavy atom. The standard InChI is InChI=1S/C52H74N12O16/c1-27(2)42(62-44(71)31(53)17-19-38(54)66)50(77)61-36(26-65)51(78)64-21-11-16-37(64)48(75)58-33(22-29-12-7-5-8-13-29)45(72)56-25-40(68)57-32(18-20-41(69)70)46(73)63-43(28(3)4)49(76)59-34(23-30-14-9-6-10-15-30)47(74)60-35(52(79)80)24-39(55)67/h5-10,12-15,27-28,31-37,42-43,65H,11,16-26,53H2,1-4H3,(H2,54,66)(H2,55,67)(H,56,72)(H,57,68)(H,58,75)(H,59,76)(H,60,74)(H,61,77)(H,62,71)(H,63,73)(H,69,70)(H,79,80)/t31-,32-,33-,34-,35-,36-,37-,42-,43-/m0/s1. The van der Waals surface area contributed by atoms with Crippen LogP contribution in [0.5, 0.6) is 0 Å². The molecule has 17 N–H and O–H groups in total. The molecule has 0 spiro atoms. The van der Waals surface area contributed by atoms with E-state index in [1.807, 2.05) is 0 Å². The number of primary amides is 2. The van der Waals surface area contributed by atoms with Gasteiger partial charge in [-0.15, -0.1) is 0 Å². The van der Waals surface area contributed by atoms with Crippen LogP contribution < -0.4 is 59.7 Å². The third-order valence-electron chi connectivity index (χ3n) is 12.7. The van der Waals surface area contributed by atoms with E-state index in [4.69, 9.17) is 17.2 Å². The molecular formula is C52H74N12O16. The minimum Gasteiger partial charge on any atom is -0.481 e. The van der Waals surface area contributed by atoms with Crippen molar-refractivity contribution in [1.29, 1.82) is 0 Å². The van der Waals surface area contributed by atoms with Gasteiger partial charge in [0.2, 0.25) is 65.0 Å². The lowest BCUT2D eigenvalue weighted by Gasteiger charge is -2.30. The molecule has 0 aliphatic carbocycles. The number of nitrogens with zero attached hydrogens (tertiary/aromatic N) is 1. The summed E-state index contributed by atoms with van der Waals surface area (Å²) in [6.45, 7) is 4.56. The number of carboxylic acid groups (broad SMARTS) is 2. The summed E-state index contributed by atoms with van der Waals surface area (Å²) >= 11 is 0. The van der Waals surface area contributed by atoms with Crippen molar-refractivity contribution in [1.82, 2.24) is 47.4 Å². The number of hydrogen-bond acceptors (Lipinski definition) is 15. The van der Waals surface area contributed by atoms with Crippen molar-refractivity contribution in [3.8, 4) is 0 Å². The summed E-state index contributed by atoms with van der Waals surface area (Å²) in [5.41, 5.74) is 17.3. The van der Waals surface area contributed by atoms with Crippen LogP contribution in [-0.4, -0.2) is 171 Å². The van der Waals surface area contributed by atoms with Crippen LogP contribution in [0.3, 0.4) is 0 Å². The molecule has 1 saturated heterocycles. The fourth-order valence-corrected chi connectivity index (χ4v) is 8.36. The van der Waals surface area contributed by atoms with Crippen LogP contribution in [0.1, 0.15) is 83.8 Å². The minimum atomic E-state index is -1.74. The van der Waals surface area contributed by atoms with Crippen LogP contribution in [-0.2, 0) is 75.2 Å². The van der Waals surface area contributed by atoms with E-state index in [1.165, 1.54) is 13.8 Å². The van der Waals surface area contributed by atoms with E-state index < -0.39 is 176 Å². The number of aliphatic hydroxyl groups is 1. The molecule has 0 radical (unpaired) electrons. The van der Waals surface area contributed by atoms with Gasteiger partial charge in [0.15, 0.2) is 0 Å². The van der Waals surface area contributed by atoms with Crippen LogP contribution in [0.25, 0.3) is 0 Å². The van der Waals surface area contributed by atoms with Crippen molar-refractivity contribution in [3.05, 3.63) is 71.8 Å². The van der Waals surface area contributed by atoms with Crippen molar-refractivity contribution in [2.24, 2.45) is 29.0 Å². The number of rotatable bonds is 33. The number of nitrogens with two attached hydrogens (primary N) is 3. The molecule has 28 nitrogen and oxygen atoms in total. The highest BCUT2D eigenvalue weighted by molar-refractivity contribution is 5.99. The molecule has 438 valence electrons. The van der Waals surface area contributed by atoms with Gasteiger partial charge < -0.3 is 80.0 Å². The van der Waals surface area contributed by atoms with E-state index in [9.17, 15) is 77.6 Å². The fourth-order valence-electron chi connectivity index (χ4n) is 8.36. The number of hydrogen-bond donors (Lipinski definition) is 14. The van der Waals surface area contributed by atoms with Gasteiger partial charge in [0.05, 0.1) is 25.6 Å². The fraction of sp³-hybridized carbons (Fsp3) is 0.519. The number of likely N-dealkylation sites (tertiary alicyclic amines) is 1. The van der Waals surface area contributed by atoms with Crippen molar-refractivity contribution in [2.45, 2.75) is 140 Å². The lowest BCUT2D eigenvalue weighted by molar-refractivity contribution is -0.144. The van der Waals surface area contributed by atoms with E-state index >= 15 is 0 Å². The van der Waals surface area contributed by atoms with Gasteiger partial charge in [-0.05, 0) is 48.6 Å². The van der Waals surface area contributed by atoms with Crippen LogP contribution in [0, 0.1) is 11.8 Å². The average Bonchev–Trinajstić information content (AvgIpc) is 3.90. The highest BCUT2D eigenvalue weighted by Gasteiger charge is 2.40. The quantitative estimate of drug-likeness (QED) is 0.0321. The zero-order valence-electron chi connectivity index (χ0n) is 44.9. The first-order valence-electron chi connectivity index (χ1n) is 25.9. The molecule has 2 aromatic carbocycles. The maximum atomic E-state index is 14.0. The number of carbonyl (C=O) groups is 13. The maximum Gasteiger partial charge on any atom is 0.326 e. The Labute approximate surface area is 461 Å². The Morgan fingerprint density at radius 1 is 0.575 bits per heavy atom. The van der Waals surface area contributed by atoms with Gasteiger partial charge in [-0.3, -0.25) is 57.5 Å². The molecule has 28 heteroatoms. The number of amides is 11. The summed E-state index contributed by atoms with van der Waals surface area (Å²) in [5.74, 6) is -14.0. The Hall–Kier alpha value is -8.53. The Bertz CT molecular complexity index is 2530. The summed E-state index contributed by atoms with van der Waals surface area (Å²) in [6.07, 6.45) is -2.09. The molecule has 2 aromatic rings. The molecule has 0 aromatic heterocycles. The highest BCUT2D eigenvalue weighted by Crippen LogP contribution is 2.20. The van der Waals surface area contributed by atoms with Crippen molar-refractivity contribution in [3.63, 3.8) is 0 Å². The Balaban J connectivity index is 1.77. The first-order chi connectivity index (χ1) is 37.7. The van der Waals surface area contributed by atoms with E-state index in [1.54, 1.807) is 74.5 Å². The topological polar surface area (TPSA) is 460 Å². The largest absolute Gasteiger partial charge is 0.481 e. The predicted octanol–water partition coefficient (Wildman–Crippen LogP) is -4.31. The van der Waals surface area contributed by atoms with Gasteiger partial charge in [0, 0.05) is 32.2 Å². The van der Waals surface area contributed by atoms with Crippen LogP contribution in [0.2, 0.25) is 0 Å². The number of carbonyl (C=O) groups excluding carboxylic acids is 11. The Morgan fingerprint density at radius 2 is 1.07 bits per heavy atom. The predicted molar refractivity (Wildman–Crippen MR) is 283 cm³/mol. The number of benzene rings is 2. The van der Waals surface area contributed by atoms with Crippen molar-refractivity contribution >= 4 is 76.9 Å². The SMILES string of the molecule is CC(C)[C@H](NC(=O)[C@H](CCC(=O)O)NC(=O)CNC(=O)[C@H](Cc1ccccc1)NC(=O)[C@@H]1CCCN1C(=O)[C@H](CO)NC(=O)[C@@H](NC(=O)[C@@H](N)CCC(N)=O)C(C)C)C(=O)N[C@@H](Cc1ccccc1)C(=O)N[C@@H](CC(N)=O)C(=O)O. The third kappa shape index (κ3) is 21.7.